The summed E-state index contributed by atoms with van der Waals surface area (Å²) in [5.41, 5.74) is 1.18. The quantitative estimate of drug-likeness (QED) is 0.353. The van der Waals surface area contributed by atoms with E-state index in [0.29, 0.717) is 12.5 Å². The van der Waals surface area contributed by atoms with Crippen molar-refractivity contribution in [2.24, 2.45) is 10.9 Å². The molecule has 0 aliphatic carbocycles. The number of aliphatic imine (C=N–C) groups is 1. The molecular formula is C24H35N3O3. The molecule has 6 heteroatoms. The average molecular weight is 414 g/mol. The molecule has 0 atom stereocenters. The van der Waals surface area contributed by atoms with Gasteiger partial charge in [0.05, 0.1) is 13.7 Å². The molecule has 0 bridgehead atoms. The number of rotatable bonds is 10. The van der Waals surface area contributed by atoms with Gasteiger partial charge in [0.25, 0.3) is 0 Å². The van der Waals surface area contributed by atoms with E-state index in [9.17, 15) is 0 Å². The Labute approximate surface area is 180 Å². The monoisotopic (exact) mass is 413 g/mol. The molecule has 1 aliphatic rings. The van der Waals surface area contributed by atoms with Crippen LogP contribution in [0.2, 0.25) is 0 Å². The van der Waals surface area contributed by atoms with E-state index in [0.717, 1.165) is 70.5 Å². The highest BCUT2D eigenvalue weighted by molar-refractivity contribution is 5.84. The number of fused-ring (bicyclic) bond motifs is 1. The van der Waals surface area contributed by atoms with Crippen molar-refractivity contribution in [1.29, 1.82) is 0 Å². The molecule has 1 heterocycles. The first-order chi connectivity index (χ1) is 14.8. The lowest BCUT2D eigenvalue weighted by atomic mass is 10.0. The predicted octanol–water partition coefficient (Wildman–Crippen LogP) is 3.74. The second-order valence-electron chi connectivity index (χ2n) is 7.65. The van der Waals surface area contributed by atoms with Crippen LogP contribution in [0.5, 0.6) is 5.75 Å². The van der Waals surface area contributed by atoms with Crippen LogP contribution in [0.4, 0.5) is 0 Å². The van der Waals surface area contributed by atoms with Crippen LogP contribution in [0.25, 0.3) is 10.8 Å². The summed E-state index contributed by atoms with van der Waals surface area (Å²) in [6, 6.07) is 12.6. The fourth-order valence-corrected chi connectivity index (χ4v) is 3.55. The Morgan fingerprint density at radius 1 is 1.10 bits per heavy atom. The van der Waals surface area contributed by atoms with Gasteiger partial charge in [-0.3, -0.25) is 0 Å². The number of hydrogen-bond donors (Lipinski definition) is 2. The van der Waals surface area contributed by atoms with Crippen molar-refractivity contribution in [2.75, 3.05) is 46.6 Å². The average Bonchev–Trinajstić information content (AvgIpc) is 2.79. The second kappa shape index (κ2) is 12.4. The number of benzene rings is 2. The van der Waals surface area contributed by atoms with E-state index in [1.807, 2.05) is 6.07 Å². The topological polar surface area (TPSA) is 64.1 Å². The van der Waals surface area contributed by atoms with Gasteiger partial charge in [0.2, 0.25) is 0 Å². The fraction of sp³-hybridized carbons (Fsp3) is 0.542. The van der Waals surface area contributed by atoms with Crippen LogP contribution < -0.4 is 15.4 Å². The summed E-state index contributed by atoms with van der Waals surface area (Å²) in [5.74, 6) is 2.38. The third-order valence-electron chi connectivity index (χ3n) is 5.33. The first-order valence-corrected chi connectivity index (χ1v) is 11.0. The van der Waals surface area contributed by atoms with Gasteiger partial charge in [-0.25, -0.2) is 4.99 Å². The van der Waals surface area contributed by atoms with Gasteiger partial charge < -0.3 is 24.8 Å². The highest BCUT2D eigenvalue weighted by atomic mass is 16.5. The minimum atomic E-state index is 0.636. The molecule has 2 aromatic rings. The molecule has 1 aliphatic heterocycles. The molecule has 0 saturated carbocycles. The Kier molecular flexibility index (Phi) is 9.25. The van der Waals surface area contributed by atoms with E-state index in [4.69, 9.17) is 19.2 Å². The maximum Gasteiger partial charge on any atom is 0.191 e. The van der Waals surface area contributed by atoms with Crippen molar-refractivity contribution < 1.29 is 14.2 Å². The third kappa shape index (κ3) is 7.18. The molecule has 3 rings (SSSR count). The number of ether oxygens (including phenoxy) is 3. The van der Waals surface area contributed by atoms with E-state index < -0.39 is 0 Å². The third-order valence-corrected chi connectivity index (χ3v) is 5.33. The van der Waals surface area contributed by atoms with Crippen molar-refractivity contribution in [1.82, 2.24) is 10.6 Å². The van der Waals surface area contributed by atoms with Crippen LogP contribution in [0.15, 0.2) is 41.4 Å². The van der Waals surface area contributed by atoms with Gasteiger partial charge in [-0.05, 0) is 66.6 Å². The number of nitrogens with one attached hydrogen (secondary N) is 2. The molecule has 1 saturated heterocycles. The summed E-state index contributed by atoms with van der Waals surface area (Å²) in [7, 11) is 1.69. The first-order valence-electron chi connectivity index (χ1n) is 11.0. The van der Waals surface area contributed by atoms with Crippen molar-refractivity contribution in [2.45, 2.75) is 32.7 Å². The van der Waals surface area contributed by atoms with E-state index in [2.05, 4.69) is 47.9 Å². The van der Waals surface area contributed by atoms with Crippen LogP contribution in [0, 0.1) is 5.92 Å². The fourth-order valence-electron chi connectivity index (χ4n) is 3.55. The summed E-state index contributed by atoms with van der Waals surface area (Å²) in [4.78, 5) is 4.73. The van der Waals surface area contributed by atoms with Gasteiger partial charge in [-0.2, -0.15) is 0 Å². The Morgan fingerprint density at radius 3 is 2.70 bits per heavy atom. The molecule has 2 aromatic carbocycles. The van der Waals surface area contributed by atoms with Crippen LogP contribution >= 0.6 is 0 Å². The molecular weight excluding hydrogens is 378 g/mol. The lowest BCUT2D eigenvalue weighted by Crippen LogP contribution is -2.38. The van der Waals surface area contributed by atoms with Crippen LogP contribution in [-0.2, 0) is 16.0 Å². The minimum absolute atomic E-state index is 0.636. The Balaban J connectivity index is 1.42. The van der Waals surface area contributed by atoms with Gasteiger partial charge >= 0.3 is 0 Å². The first kappa shape index (κ1) is 22.4. The maximum absolute atomic E-state index is 5.84. The largest absolute Gasteiger partial charge is 0.497 e. The second-order valence-corrected chi connectivity index (χ2v) is 7.65. The van der Waals surface area contributed by atoms with Crippen LogP contribution in [0.1, 0.15) is 31.7 Å². The van der Waals surface area contributed by atoms with Gasteiger partial charge in [-0.15, -0.1) is 0 Å². The normalized spacial score (nSPS) is 15.3. The zero-order valence-electron chi connectivity index (χ0n) is 18.3. The van der Waals surface area contributed by atoms with Gasteiger partial charge in [-0.1, -0.05) is 18.2 Å². The highest BCUT2D eigenvalue weighted by Crippen LogP contribution is 2.22. The molecule has 0 spiro atoms. The molecule has 30 heavy (non-hydrogen) atoms. The number of guanidine groups is 1. The lowest BCUT2D eigenvalue weighted by molar-refractivity contribution is 0.0203. The molecule has 0 radical (unpaired) electrons. The number of nitrogens with zero attached hydrogens (tertiary/aromatic N) is 1. The Bertz CT molecular complexity index is 803. The molecule has 2 N–H and O–H groups in total. The summed E-state index contributed by atoms with van der Waals surface area (Å²) < 4.78 is 16.5. The number of hydrogen-bond acceptors (Lipinski definition) is 4. The van der Waals surface area contributed by atoms with E-state index >= 15 is 0 Å². The van der Waals surface area contributed by atoms with Crippen molar-refractivity contribution >= 4 is 16.7 Å². The maximum atomic E-state index is 5.84. The Morgan fingerprint density at radius 2 is 1.90 bits per heavy atom. The smallest absolute Gasteiger partial charge is 0.191 e. The molecule has 0 unspecified atom stereocenters. The lowest BCUT2D eigenvalue weighted by Gasteiger charge is -2.21. The molecule has 0 amide bonds. The minimum Gasteiger partial charge on any atom is -0.497 e. The van der Waals surface area contributed by atoms with E-state index in [1.165, 1.54) is 16.3 Å². The van der Waals surface area contributed by atoms with E-state index in [1.54, 1.807) is 7.11 Å². The molecule has 0 aromatic heterocycles. The zero-order valence-corrected chi connectivity index (χ0v) is 18.3. The van der Waals surface area contributed by atoms with Crippen LogP contribution in [-0.4, -0.2) is 52.6 Å². The summed E-state index contributed by atoms with van der Waals surface area (Å²) in [6.07, 6.45) is 3.21. The van der Waals surface area contributed by atoms with Crippen molar-refractivity contribution in [3.8, 4) is 5.75 Å². The van der Waals surface area contributed by atoms with Gasteiger partial charge in [0, 0.05) is 39.5 Å². The molecule has 1 fully saturated rings. The van der Waals surface area contributed by atoms with Gasteiger partial charge in [0.15, 0.2) is 5.96 Å². The molecule has 6 nitrogen and oxygen atoms in total. The number of methoxy groups -OCH3 is 1. The van der Waals surface area contributed by atoms with Gasteiger partial charge in [0.1, 0.15) is 5.75 Å². The van der Waals surface area contributed by atoms with Crippen LogP contribution in [0.3, 0.4) is 0 Å². The Hall–Kier alpha value is -2.31. The standard InChI is InChI=1S/C24H35N3O3/c1-3-25-24(26-11-4-12-30-18-19-9-13-29-14-10-19)27-17-20-5-6-22-16-23(28-2)8-7-21(22)15-20/h5-8,15-16,19H,3-4,9-14,17-18H2,1-2H3,(H2,25,26,27). The summed E-state index contributed by atoms with van der Waals surface area (Å²) in [5, 5.41) is 9.09. The summed E-state index contributed by atoms with van der Waals surface area (Å²) >= 11 is 0. The SMILES string of the molecule is CCNC(=NCc1ccc2cc(OC)ccc2c1)NCCCOCC1CCOCC1. The predicted molar refractivity (Wildman–Crippen MR) is 122 cm³/mol. The summed E-state index contributed by atoms with van der Waals surface area (Å²) in [6.45, 7) is 7.78. The van der Waals surface area contributed by atoms with Crippen molar-refractivity contribution in [3.63, 3.8) is 0 Å². The van der Waals surface area contributed by atoms with E-state index in [-0.39, 0.29) is 0 Å². The molecule has 164 valence electrons. The zero-order chi connectivity index (χ0) is 21.0. The highest BCUT2D eigenvalue weighted by Gasteiger charge is 2.13. The van der Waals surface area contributed by atoms with Crippen molar-refractivity contribution in [3.05, 3.63) is 42.0 Å².